The molecule has 0 aromatic heterocycles. The third kappa shape index (κ3) is 7.15. The molecule has 0 aliphatic rings. The van der Waals surface area contributed by atoms with Crippen molar-refractivity contribution in [3.8, 4) is 11.5 Å². The highest BCUT2D eigenvalue weighted by Gasteiger charge is 2.33. The van der Waals surface area contributed by atoms with Crippen molar-refractivity contribution in [2.24, 2.45) is 0 Å². The molecule has 0 rings (SSSR count). The first-order valence-corrected chi connectivity index (χ1v) is 12.6. The van der Waals surface area contributed by atoms with E-state index in [2.05, 4.69) is 64.5 Å². The Morgan fingerprint density at radius 2 is 1.84 bits per heavy atom. The first-order valence-electron chi connectivity index (χ1n) is 7.14. The smallest absolute Gasteiger partial charge is 0.138 e. The number of hydrogen-bond donors (Lipinski definition) is 0. The number of methoxy groups -OCH3 is 1. The lowest BCUT2D eigenvalue weighted by Crippen LogP contribution is -2.35. The van der Waals surface area contributed by atoms with Crippen molar-refractivity contribution in [2.75, 3.05) is 13.7 Å². The van der Waals surface area contributed by atoms with Gasteiger partial charge in [-0.25, -0.2) is 0 Å². The van der Waals surface area contributed by atoms with Gasteiger partial charge in [-0.15, -0.1) is 5.54 Å². The first kappa shape index (κ1) is 18.7. The third-order valence-electron chi connectivity index (χ3n) is 3.82. The lowest BCUT2D eigenvalue weighted by molar-refractivity contribution is 0.196. The van der Waals surface area contributed by atoms with E-state index in [-0.39, 0.29) is 0 Å². The Bertz CT molecular complexity index is 351. The van der Waals surface area contributed by atoms with Crippen LogP contribution in [0.4, 0.5) is 0 Å². The van der Waals surface area contributed by atoms with Gasteiger partial charge in [-0.05, 0) is 23.1 Å². The summed E-state index contributed by atoms with van der Waals surface area (Å²) in [5, 5.41) is 1.74. The van der Waals surface area contributed by atoms with E-state index in [1.807, 2.05) is 0 Å². The highest BCUT2D eigenvalue weighted by Crippen LogP contribution is 2.35. The lowest BCUT2D eigenvalue weighted by Gasteiger charge is -2.31. The zero-order chi connectivity index (χ0) is 15.1. The van der Waals surface area contributed by atoms with Gasteiger partial charge >= 0.3 is 0 Å². The van der Waals surface area contributed by atoms with E-state index in [1.165, 1.54) is 5.20 Å². The predicted molar refractivity (Wildman–Crippen MR) is 91.6 cm³/mol. The molecule has 19 heavy (non-hydrogen) atoms. The minimum absolute atomic E-state index is 0.343. The summed E-state index contributed by atoms with van der Waals surface area (Å²) in [5.74, 6) is 3.52. The molecule has 0 amide bonds. The Hall–Kier alpha value is -0.306. The maximum Gasteiger partial charge on any atom is 0.138 e. The highest BCUT2D eigenvalue weighted by atomic mass is 28.3. The number of allylic oxidation sites excluding steroid dienone is 2. The summed E-state index contributed by atoms with van der Waals surface area (Å²) in [6.07, 6.45) is 4.52. The number of ether oxygens (including phenoxy) is 1. The highest BCUT2D eigenvalue weighted by molar-refractivity contribution is 6.87. The van der Waals surface area contributed by atoms with E-state index in [0.29, 0.717) is 5.04 Å². The average molecular weight is 296 g/mol. The van der Waals surface area contributed by atoms with Crippen molar-refractivity contribution in [2.45, 2.75) is 64.8 Å². The summed E-state index contributed by atoms with van der Waals surface area (Å²) in [7, 11) is -0.176. The topological polar surface area (TPSA) is 9.23 Å². The molecular weight excluding hydrogens is 264 g/mol. The van der Waals surface area contributed by atoms with Gasteiger partial charge in [0.15, 0.2) is 0 Å². The molecule has 0 heterocycles. The van der Waals surface area contributed by atoms with Crippen LogP contribution in [0.5, 0.6) is 0 Å². The molecule has 0 unspecified atom stereocenters. The molecule has 0 aromatic carbocycles. The first-order chi connectivity index (χ1) is 8.62. The second-order valence-corrected chi connectivity index (χ2v) is 14.4. The van der Waals surface area contributed by atoms with Crippen LogP contribution in [0.25, 0.3) is 0 Å². The number of rotatable bonds is 5. The van der Waals surface area contributed by atoms with Crippen LogP contribution in [0.2, 0.25) is 31.2 Å². The van der Waals surface area contributed by atoms with Crippen molar-refractivity contribution in [3.63, 3.8) is 0 Å². The van der Waals surface area contributed by atoms with Gasteiger partial charge in [-0.2, -0.15) is 0 Å². The Balaban J connectivity index is 4.87. The summed E-state index contributed by atoms with van der Waals surface area (Å²) in [6, 6.07) is 0. The molecule has 0 atom stereocenters. The second kappa shape index (κ2) is 8.09. The number of unbranched alkanes of at least 4 members (excludes halogenated alkanes) is 1. The van der Waals surface area contributed by atoms with E-state index in [4.69, 9.17) is 4.74 Å². The monoisotopic (exact) mass is 295 g/mol. The van der Waals surface area contributed by atoms with Gasteiger partial charge in [0.05, 0.1) is 8.80 Å². The van der Waals surface area contributed by atoms with Gasteiger partial charge in [0.25, 0.3) is 0 Å². The van der Waals surface area contributed by atoms with Gasteiger partial charge in [0.2, 0.25) is 0 Å². The molecule has 109 valence electrons. The van der Waals surface area contributed by atoms with Crippen LogP contribution >= 0.6 is 0 Å². The Morgan fingerprint density at radius 1 is 1.26 bits per heavy atom. The van der Waals surface area contributed by atoms with Crippen LogP contribution in [0.15, 0.2) is 11.3 Å². The quantitative estimate of drug-likeness (QED) is 0.406. The van der Waals surface area contributed by atoms with Crippen molar-refractivity contribution in [1.29, 1.82) is 0 Å². The molecule has 0 aliphatic heterocycles. The molecule has 0 N–H and O–H groups in total. The van der Waals surface area contributed by atoms with Crippen molar-refractivity contribution < 1.29 is 4.74 Å². The molecule has 0 fully saturated rings. The van der Waals surface area contributed by atoms with Crippen LogP contribution in [0, 0.1) is 11.5 Å². The molecule has 0 saturated heterocycles. The summed E-state index contributed by atoms with van der Waals surface area (Å²) < 4.78 is 5.09. The molecule has 0 aromatic rings. The molecule has 0 aliphatic carbocycles. The van der Waals surface area contributed by atoms with Gasteiger partial charge in [-0.1, -0.05) is 59.0 Å². The van der Waals surface area contributed by atoms with Gasteiger partial charge in [-0.3, -0.25) is 0 Å². The maximum atomic E-state index is 5.09. The Kier molecular flexibility index (Phi) is 7.96. The minimum Gasteiger partial charge on any atom is -0.385 e. The fourth-order valence-corrected chi connectivity index (χ4v) is 3.08. The van der Waals surface area contributed by atoms with E-state index < -0.39 is 16.9 Å². The van der Waals surface area contributed by atoms with E-state index in [0.717, 1.165) is 19.4 Å². The third-order valence-corrected chi connectivity index (χ3v) is 9.73. The molecule has 0 saturated carbocycles. The zero-order valence-electron chi connectivity index (χ0n) is 14.1. The van der Waals surface area contributed by atoms with Crippen LogP contribution in [0.1, 0.15) is 33.6 Å². The molecule has 0 spiro atoms. The summed E-state index contributed by atoms with van der Waals surface area (Å²) >= 11 is 0. The van der Waals surface area contributed by atoms with E-state index >= 15 is 0 Å². The van der Waals surface area contributed by atoms with Crippen molar-refractivity contribution >= 4 is 16.9 Å². The van der Waals surface area contributed by atoms with Crippen LogP contribution in [-0.2, 0) is 4.74 Å². The van der Waals surface area contributed by atoms with Crippen molar-refractivity contribution in [3.05, 3.63) is 11.3 Å². The van der Waals surface area contributed by atoms with Crippen molar-refractivity contribution in [1.82, 2.24) is 0 Å². The fraction of sp³-hybridized carbons (Fsp3) is 0.750. The zero-order valence-corrected chi connectivity index (χ0v) is 16.1. The largest absolute Gasteiger partial charge is 0.385 e. The molecule has 0 bridgehead atoms. The van der Waals surface area contributed by atoms with Gasteiger partial charge < -0.3 is 4.74 Å². The van der Waals surface area contributed by atoms with E-state index in [9.17, 15) is 0 Å². The Labute approximate surface area is 123 Å². The lowest BCUT2D eigenvalue weighted by atomic mass is 10.2. The molecule has 1 nitrogen and oxygen atoms in total. The van der Waals surface area contributed by atoms with E-state index in [1.54, 1.807) is 7.11 Å². The summed E-state index contributed by atoms with van der Waals surface area (Å²) in [5.41, 5.74) is 3.64. The second-order valence-electron chi connectivity index (χ2n) is 6.88. The Morgan fingerprint density at radius 3 is 2.26 bits per heavy atom. The maximum absolute atomic E-state index is 5.09. The molecule has 1 radical (unpaired) electrons. The average Bonchev–Trinajstić information content (AvgIpc) is 2.25. The van der Waals surface area contributed by atoms with Gasteiger partial charge in [0.1, 0.15) is 8.07 Å². The predicted octanol–water partition coefficient (Wildman–Crippen LogP) is 4.68. The summed E-state index contributed by atoms with van der Waals surface area (Å²) in [6.45, 7) is 17.2. The SMILES string of the molecule is COCCC/C=C(\C#C[Si](C)(C)C(C)(C)C)[Si](C)C. The standard InChI is InChI=1S/C16H31OSi2/c1-16(2,3)19(7,8)14-12-15(18(5)6)11-9-10-13-17-4/h11H,9-10,13H2,1-8H3/b15-11+. The molecule has 3 heteroatoms. The van der Waals surface area contributed by atoms with Gasteiger partial charge in [0, 0.05) is 13.7 Å². The normalized spacial score (nSPS) is 13.4. The molecular formula is C16H31OSi2. The van der Waals surface area contributed by atoms with Crippen LogP contribution in [0.3, 0.4) is 0 Å². The fourth-order valence-electron chi connectivity index (χ4n) is 1.27. The minimum atomic E-state index is -1.48. The van der Waals surface area contributed by atoms with Crippen LogP contribution in [-0.4, -0.2) is 30.6 Å². The summed E-state index contributed by atoms with van der Waals surface area (Å²) in [4.78, 5) is 0. The number of hydrogen-bond acceptors (Lipinski definition) is 1. The van der Waals surface area contributed by atoms with Crippen LogP contribution < -0.4 is 0 Å².